The van der Waals surface area contributed by atoms with Crippen molar-refractivity contribution >= 4 is 37.3 Å². The van der Waals surface area contributed by atoms with E-state index >= 15 is 0 Å². The number of nitrogens with one attached hydrogen (secondary N) is 1. The first-order chi connectivity index (χ1) is 12.5. The summed E-state index contributed by atoms with van der Waals surface area (Å²) >= 11 is 5.98. The summed E-state index contributed by atoms with van der Waals surface area (Å²) in [7, 11) is -8.45. The van der Waals surface area contributed by atoms with Gasteiger partial charge in [-0.2, -0.15) is 4.31 Å². The van der Waals surface area contributed by atoms with Crippen molar-refractivity contribution in [3.8, 4) is 0 Å². The van der Waals surface area contributed by atoms with Crippen LogP contribution in [0.4, 0.5) is 14.5 Å². The normalized spacial score (nSPS) is 12.4. The maximum Gasteiger partial charge on any atom is 0.264 e. The number of benzene rings is 2. The van der Waals surface area contributed by atoms with E-state index in [2.05, 4.69) is 0 Å². The molecule has 0 saturated carbocycles. The Morgan fingerprint density at radius 2 is 1.63 bits per heavy atom. The summed E-state index contributed by atoms with van der Waals surface area (Å²) in [5, 5.41) is -0.0956. The minimum absolute atomic E-state index is 0.0956. The van der Waals surface area contributed by atoms with E-state index in [4.69, 9.17) is 11.6 Å². The van der Waals surface area contributed by atoms with Crippen LogP contribution in [0.25, 0.3) is 0 Å². The molecule has 11 heteroatoms. The monoisotopic (exact) mass is 438 g/mol. The largest absolute Gasteiger partial charge is 0.279 e. The summed E-state index contributed by atoms with van der Waals surface area (Å²) in [6.45, 7) is 3.68. The third-order valence-electron chi connectivity index (χ3n) is 3.71. The highest BCUT2D eigenvalue weighted by Gasteiger charge is 2.26. The van der Waals surface area contributed by atoms with Crippen LogP contribution in [0.3, 0.4) is 0 Å². The van der Waals surface area contributed by atoms with Gasteiger partial charge in [-0.15, -0.1) is 0 Å². The van der Waals surface area contributed by atoms with E-state index in [1.807, 2.05) is 4.72 Å². The summed E-state index contributed by atoms with van der Waals surface area (Å²) in [5.74, 6) is -2.85. The van der Waals surface area contributed by atoms with E-state index in [-0.39, 0.29) is 28.7 Å². The lowest BCUT2D eigenvalue weighted by Gasteiger charge is -2.20. The lowest BCUT2D eigenvalue weighted by molar-refractivity contribution is 0.445. The molecule has 0 aliphatic heterocycles. The van der Waals surface area contributed by atoms with Crippen LogP contribution in [0.1, 0.15) is 13.8 Å². The molecule has 0 unspecified atom stereocenters. The van der Waals surface area contributed by atoms with Gasteiger partial charge in [0.15, 0.2) is 11.6 Å². The first-order valence-electron chi connectivity index (χ1n) is 7.81. The number of sulfonamides is 2. The Hall–Kier alpha value is -1.75. The van der Waals surface area contributed by atoms with Crippen LogP contribution < -0.4 is 4.72 Å². The van der Waals surface area contributed by atoms with Crippen molar-refractivity contribution in [1.82, 2.24) is 4.31 Å². The second kappa shape index (κ2) is 8.09. The highest BCUT2D eigenvalue weighted by Crippen LogP contribution is 2.29. The Bertz CT molecular complexity index is 1060. The first-order valence-corrected chi connectivity index (χ1v) is 11.1. The summed E-state index contributed by atoms with van der Waals surface area (Å²) in [5.41, 5.74) is -0.159. The maximum absolute atomic E-state index is 13.8. The van der Waals surface area contributed by atoms with Crippen LogP contribution in [0.15, 0.2) is 46.2 Å². The highest BCUT2D eigenvalue weighted by molar-refractivity contribution is 7.92. The van der Waals surface area contributed by atoms with Gasteiger partial charge in [0.1, 0.15) is 9.79 Å². The van der Waals surface area contributed by atoms with E-state index < -0.39 is 36.6 Å². The van der Waals surface area contributed by atoms with E-state index in [1.165, 1.54) is 12.1 Å². The van der Waals surface area contributed by atoms with Crippen molar-refractivity contribution < 1.29 is 25.6 Å². The molecular formula is C16H17ClF2N2O4S2. The van der Waals surface area contributed by atoms with E-state index in [9.17, 15) is 25.6 Å². The number of hydrogen-bond donors (Lipinski definition) is 1. The number of hydrogen-bond acceptors (Lipinski definition) is 4. The van der Waals surface area contributed by atoms with Crippen molar-refractivity contribution in [3.63, 3.8) is 0 Å². The molecule has 27 heavy (non-hydrogen) atoms. The highest BCUT2D eigenvalue weighted by atomic mass is 35.5. The van der Waals surface area contributed by atoms with Gasteiger partial charge >= 0.3 is 0 Å². The molecule has 0 aliphatic rings. The average molecular weight is 439 g/mol. The topological polar surface area (TPSA) is 83.6 Å². The molecule has 0 radical (unpaired) electrons. The average Bonchev–Trinajstić information content (AvgIpc) is 2.59. The molecule has 0 amide bonds. The Morgan fingerprint density at radius 3 is 2.22 bits per heavy atom. The minimum Gasteiger partial charge on any atom is -0.279 e. The molecule has 0 bridgehead atoms. The van der Waals surface area contributed by atoms with Crippen molar-refractivity contribution in [3.05, 3.63) is 53.1 Å². The second-order valence-corrected chi connectivity index (χ2v) is 9.36. The van der Waals surface area contributed by atoms with Crippen molar-refractivity contribution in [2.45, 2.75) is 23.6 Å². The van der Waals surface area contributed by atoms with Crippen molar-refractivity contribution in [1.29, 1.82) is 0 Å². The maximum atomic E-state index is 13.8. The van der Waals surface area contributed by atoms with Crippen LogP contribution >= 0.6 is 11.6 Å². The molecule has 2 aromatic rings. The van der Waals surface area contributed by atoms with Gasteiger partial charge in [0.2, 0.25) is 10.0 Å². The van der Waals surface area contributed by atoms with Gasteiger partial charge < -0.3 is 0 Å². The van der Waals surface area contributed by atoms with Gasteiger partial charge in [-0.05, 0) is 30.3 Å². The summed E-state index contributed by atoms with van der Waals surface area (Å²) in [4.78, 5) is -1.20. The fraction of sp³-hybridized carbons (Fsp3) is 0.250. The zero-order chi connectivity index (χ0) is 20.4. The van der Waals surface area contributed by atoms with E-state index in [0.717, 1.165) is 28.6 Å². The molecule has 0 heterocycles. The smallest absolute Gasteiger partial charge is 0.264 e. The fourth-order valence-corrected chi connectivity index (χ4v) is 5.47. The fourth-order valence-electron chi connectivity index (χ4n) is 2.37. The standard InChI is InChI=1S/C16H17ClF2N2O4S2/c1-3-21(4-2)27(24,25)15-10-11(8-9-12(15)17)20-26(22,23)14-7-5-6-13(18)16(14)19/h5-10,20H,3-4H2,1-2H3. The van der Waals surface area contributed by atoms with E-state index in [1.54, 1.807) is 13.8 Å². The molecule has 6 nitrogen and oxygen atoms in total. The lowest BCUT2D eigenvalue weighted by Crippen LogP contribution is -2.30. The van der Waals surface area contributed by atoms with Gasteiger partial charge in [0.25, 0.3) is 10.0 Å². The zero-order valence-corrected chi connectivity index (χ0v) is 16.8. The quantitative estimate of drug-likeness (QED) is 0.717. The Labute approximate surface area is 161 Å². The molecule has 1 N–H and O–H groups in total. The number of halogens is 3. The zero-order valence-electron chi connectivity index (χ0n) is 14.4. The first kappa shape index (κ1) is 21.5. The lowest BCUT2D eigenvalue weighted by atomic mass is 10.3. The van der Waals surface area contributed by atoms with Gasteiger partial charge in [0.05, 0.1) is 10.7 Å². The predicted octanol–water partition coefficient (Wildman–Crippen LogP) is 3.45. The molecular weight excluding hydrogens is 422 g/mol. The van der Waals surface area contributed by atoms with Gasteiger partial charge in [0, 0.05) is 13.1 Å². The molecule has 148 valence electrons. The Balaban J connectivity index is 2.49. The molecule has 0 aliphatic carbocycles. The van der Waals surface area contributed by atoms with E-state index in [0.29, 0.717) is 0 Å². The predicted molar refractivity (Wildman–Crippen MR) is 98.7 cm³/mol. The second-order valence-electron chi connectivity index (χ2n) is 5.39. The molecule has 0 saturated heterocycles. The number of nitrogens with zero attached hydrogens (tertiary/aromatic N) is 1. The van der Waals surface area contributed by atoms with Crippen LogP contribution in [0, 0.1) is 11.6 Å². The van der Waals surface area contributed by atoms with Gasteiger partial charge in [-0.25, -0.2) is 25.6 Å². The molecule has 0 atom stereocenters. The van der Waals surface area contributed by atoms with Crippen LogP contribution in [0.5, 0.6) is 0 Å². The molecule has 2 rings (SSSR count). The SMILES string of the molecule is CCN(CC)S(=O)(=O)c1cc(NS(=O)(=O)c2cccc(F)c2F)ccc1Cl. The van der Waals surface area contributed by atoms with Gasteiger partial charge in [-0.3, -0.25) is 4.72 Å². The molecule has 2 aromatic carbocycles. The Morgan fingerprint density at radius 1 is 1.00 bits per heavy atom. The molecule has 0 spiro atoms. The molecule has 0 fully saturated rings. The summed E-state index contributed by atoms with van der Waals surface area (Å²) in [6, 6.07) is 6.18. The molecule has 0 aromatic heterocycles. The summed E-state index contributed by atoms with van der Waals surface area (Å²) < 4.78 is 80.3. The third-order valence-corrected chi connectivity index (χ3v) is 7.64. The summed E-state index contributed by atoms with van der Waals surface area (Å²) in [6.07, 6.45) is 0. The number of rotatable bonds is 7. The van der Waals surface area contributed by atoms with Crippen LogP contribution in [-0.2, 0) is 20.0 Å². The van der Waals surface area contributed by atoms with Crippen LogP contribution in [0.2, 0.25) is 5.02 Å². The number of anilines is 1. The van der Waals surface area contributed by atoms with Crippen LogP contribution in [-0.4, -0.2) is 34.2 Å². The van der Waals surface area contributed by atoms with Crippen molar-refractivity contribution in [2.24, 2.45) is 0 Å². The van der Waals surface area contributed by atoms with Gasteiger partial charge in [-0.1, -0.05) is 31.5 Å². The van der Waals surface area contributed by atoms with Crippen molar-refractivity contribution in [2.75, 3.05) is 17.8 Å². The minimum atomic E-state index is -4.49. The third kappa shape index (κ3) is 4.40. The Kier molecular flexibility index (Phi) is 6.46.